The SMILES string of the molecule is CCNC(=NCC(O)c1ccccc1F)NC(C)C(C)C. The van der Waals surface area contributed by atoms with Crippen LogP contribution >= 0.6 is 0 Å². The molecule has 0 aliphatic heterocycles. The van der Waals surface area contributed by atoms with Crippen LogP contribution < -0.4 is 10.6 Å². The van der Waals surface area contributed by atoms with E-state index in [1.165, 1.54) is 6.07 Å². The smallest absolute Gasteiger partial charge is 0.191 e. The zero-order valence-corrected chi connectivity index (χ0v) is 13.2. The summed E-state index contributed by atoms with van der Waals surface area (Å²) in [5.41, 5.74) is 0.272. The largest absolute Gasteiger partial charge is 0.386 e. The summed E-state index contributed by atoms with van der Waals surface area (Å²) in [7, 11) is 0. The summed E-state index contributed by atoms with van der Waals surface area (Å²) in [6.07, 6.45) is -0.948. The third-order valence-corrected chi connectivity index (χ3v) is 3.40. The van der Waals surface area contributed by atoms with Gasteiger partial charge < -0.3 is 15.7 Å². The topological polar surface area (TPSA) is 56.7 Å². The van der Waals surface area contributed by atoms with Gasteiger partial charge in [0.2, 0.25) is 0 Å². The molecule has 1 aromatic carbocycles. The Hall–Kier alpha value is -1.62. The molecule has 0 radical (unpaired) electrons. The minimum atomic E-state index is -0.948. The Bertz CT molecular complexity index is 463. The fourth-order valence-corrected chi connectivity index (χ4v) is 1.72. The van der Waals surface area contributed by atoms with E-state index in [9.17, 15) is 9.50 Å². The number of aliphatic hydroxyl groups is 1. The number of nitrogens with zero attached hydrogens (tertiary/aromatic N) is 1. The van der Waals surface area contributed by atoms with Crippen molar-refractivity contribution in [3.8, 4) is 0 Å². The molecular formula is C16H26FN3O. The van der Waals surface area contributed by atoms with Crippen LogP contribution in [0.25, 0.3) is 0 Å². The number of aliphatic hydroxyl groups excluding tert-OH is 1. The van der Waals surface area contributed by atoms with E-state index in [1.807, 2.05) is 6.92 Å². The molecule has 0 spiro atoms. The molecule has 0 aromatic heterocycles. The van der Waals surface area contributed by atoms with Gasteiger partial charge >= 0.3 is 0 Å². The molecule has 5 heteroatoms. The Labute approximate surface area is 126 Å². The predicted octanol–water partition coefficient (Wildman–Crippen LogP) is 2.46. The van der Waals surface area contributed by atoms with Gasteiger partial charge in [-0.15, -0.1) is 0 Å². The number of rotatable bonds is 6. The molecule has 0 saturated carbocycles. The van der Waals surface area contributed by atoms with Gasteiger partial charge in [0.25, 0.3) is 0 Å². The molecule has 21 heavy (non-hydrogen) atoms. The Kier molecular flexibility index (Phi) is 7.15. The highest BCUT2D eigenvalue weighted by Crippen LogP contribution is 2.16. The first-order valence-corrected chi connectivity index (χ1v) is 7.43. The first-order chi connectivity index (χ1) is 9.95. The predicted molar refractivity (Wildman–Crippen MR) is 84.8 cm³/mol. The van der Waals surface area contributed by atoms with Gasteiger partial charge in [-0.3, -0.25) is 4.99 Å². The third kappa shape index (κ3) is 5.71. The van der Waals surface area contributed by atoms with E-state index in [4.69, 9.17) is 0 Å². The molecule has 0 bridgehead atoms. The van der Waals surface area contributed by atoms with E-state index in [0.717, 1.165) is 6.54 Å². The van der Waals surface area contributed by atoms with Crippen LogP contribution in [0.2, 0.25) is 0 Å². The van der Waals surface area contributed by atoms with Crippen molar-refractivity contribution in [3.63, 3.8) is 0 Å². The lowest BCUT2D eigenvalue weighted by Gasteiger charge is -2.21. The molecule has 3 N–H and O–H groups in total. The van der Waals surface area contributed by atoms with E-state index in [-0.39, 0.29) is 18.2 Å². The van der Waals surface area contributed by atoms with Gasteiger partial charge in [0.1, 0.15) is 11.9 Å². The number of aliphatic imine (C=N–C) groups is 1. The standard InChI is InChI=1S/C16H26FN3O/c1-5-18-16(20-12(4)11(2)3)19-10-15(21)13-8-6-7-9-14(13)17/h6-9,11-12,15,21H,5,10H2,1-4H3,(H2,18,19,20). The minimum absolute atomic E-state index is 0.112. The maximum Gasteiger partial charge on any atom is 0.191 e. The van der Waals surface area contributed by atoms with Crippen molar-refractivity contribution >= 4 is 5.96 Å². The van der Waals surface area contributed by atoms with Crippen molar-refractivity contribution in [3.05, 3.63) is 35.6 Å². The molecule has 2 atom stereocenters. The average molecular weight is 295 g/mol. The minimum Gasteiger partial charge on any atom is -0.386 e. The summed E-state index contributed by atoms with van der Waals surface area (Å²) >= 11 is 0. The van der Waals surface area contributed by atoms with Gasteiger partial charge in [-0.2, -0.15) is 0 Å². The Morgan fingerprint density at radius 2 is 1.95 bits per heavy atom. The summed E-state index contributed by atoms with van der Waals surface area (Å²) in [5.74, 6) is 0.688. The van der Waals surface area contributed by atoms with Crippen LogP contribution in [-0.4, -0.2) is 30.2 Å². The molecular weight excluding hydrogens is 269 g/mol. The van der Waals surface area contributed by atoms with Crippen molar-refractivity contribution in [2.75, 3.05) is 13.1 Å². The number of nitrogens with one attached hydrogen (secondary N) is 2. The monoisotopic (exact) mass is 295 g/mol. The quantitative estimate of drug-likeness (QED) is 0.558. The molecule has 0 saturated heterocycles. The molecule has 0 aliphatic carbocycles. The van der Waals surface area contributed by atoms with Crippen LogP contribution in [0.3, 0.4) is 0 Å². The molecule has 118 valence electrons. The number of hydrogen-bond donors (Lipinski definition) is 3. The van der Waals surface area contributed by atoms with E-state index in [1.54, 1.807) is 18.2 Å². The average Bonchev–Trinajstić information content (AvgIpc) is 2.45. The van der Waals surface area contributed by atoms with Crippen LogP contribution in [0, 0.1) is 11.7 Å². The van der Waals surface area contributed by atoms with E-state index in [0.29, 0.717) is 11.9 Å². The first-order valence-electron chi connectivity index (χ1n) is 7.43. The lowest BCUT2D eigenvalue weighted by Crippen LogP contribution is -2.44. The lowest BCUT2D eigenvalue weighted by atomic mass is 10.1. The summed E-state index contributed by atoms with van der Waals surface area (Å²) in [6.45, 7) is 9.13. The van der Waals surface area contributed by atoms with Crippen LogP contribution in [0.5, 0.6) is 0 Å². The van der Waals surface area contributed by atoms with Crippen LogP contribution in [0.15, 0.2) is 29.3 Å². The van der Waals surface area contributed by atoms with Gasteiger partial charge in [-0.25, -0.2) is 4.39 Å². The van der Waals surface area contributed by atoms with Crippen molar-refractivity contribution in [2.45, 2.75) is 39.8 Å². The zero-order valence-electron chi connectivity index (χ0n) is 13.2. The van der Waals surface area contributed by atoms with Crippen molar-refractivity contribution < 1.29 is 9.50 Å². The van der Waals surface area contributed by atoms with E-state index < -0.39 is 11.9 Å². The molecule has 1 aromatic rings. The second kappa shape index (κ2) is 8.62. The molecule has 0 fully saturated rings. The number of hydrogen-bond acceptors (Lipinski definition) is 2. The molecule has 4 nitrogen and oxygen atoms in total. The second-order valence-corrected chi connectivity index (χ2v) is 5.43. The second-order valence-electron chi connectivity index (χ2n) is 5.43. The summed E-state index contributed by atoms with van der Waals surface area (Å²) in [6, 6.07) is 6.48. The van der Waals surface area contributed by atoms with Crippen LogP contribution in [-0.2, 0) is 0 Å². The molecule has 0 aliphatic rings. The number of guanidine groups is 1. The molecule has 1 rings (SSSR count). The highest BCUT2D eigenvalue weighted by molar-refractivity contribution is 5.80. The maximum absolute atomic E-state index is 13.6. The van der Waals surface area contributed by atoms with Gasteiger partial charge in [-0.05, 0) is 25.8 Å². The number of benzene rings is 1. The van der Waals surface area contributed by atoms with Gasteiger partial charge in [0.15, 0.2) is 5.96 Å². The van der Waals surface area contributed by atoms with Crippen molar-refractivity contribution in [2.24, 2.45) is 10.9 Å². The van der Waals surface area contributed by atoms with Gasteiger partial charge in [0.05, 0.1) is 6.54 Å². The van der Waals surface area contributed by atoms with E-state index >= 15 is 0 Å². The zero-order chi connectivity index (χ0) is 15.8. The van der Waals surface area contributed by atoms with Crippen molar-refractivity contribution in [1.29, 1.82) is 0 Å². The maximum atomic E-state index is 13.6. The van der Waals surface area contributed by atoms with Gasteiger partial charge in [0, 0.05) is 18.2 Å². The van der Waals surface area contributed by atoms with Crippen LogP contribution in [0.4, 0.5) is 4.39 Å². The lowest BCUT2D eigenvalue weighted by molar-refractivity contribution is 0.182. The van der Waals surface area contributed by atoms with E-state index in [2.05, 4.69) is 36.4 Å². The molecule has 2 unspecified atom stereocenters. The fourth-order valence-electron chi connectivity index (χ4n) is 1.72. The summed E-state index contributed by atoms with van der Waals surface area (Å²) in [4.78, 5) is 4.33. The Balaban J connectivity index is 2.71. The molecule has 0 heterocycles. The fraction of sp³-hybridized carbons (Fsp3) is 0.562. The summed E-state index contributed by atoms with van der Waals surface area (Å²) < 4.78 is 13.6. The molecule has 0 amide bonds. The summed E-state index contributed by atoms with van der Waals surface area (Å²) in [5, 5.41) is 16.5. The Morgan fingerprint density at radius 1 is 1.29 bits per heavy atom. The van der Waals surface area contributed by atoms with Gasteiger partial charge in [-0.1, -0.05) is 32.0 Å². The first kappa shape index (κ1) is 17.4. The highest BCUT2D eigenvalue weighted by Gasteiger charge is 2.13. The van der Waals surface area contributed by atoms with Crippen molar-refractivity contribution in [1.82, 2.24) is 10.6 Å². The normalized spacial score (nSPS) is 14.9. The number of halogens is 1. The highest BCUT2D eigenvalue weighted by atomic mass is 19.1. The van der Waals surface area contributed by atoms with Crippen LogP contribution in [0.1, 0.15) is 39.4 Å². The third-order valence-electron chi connectivity index (χ3n) is 3.40. The Morgan fingerprint density at radius 3 is 2.52 bits per heavy atom.